The number of hydrogen-bond donors (Lipinski definition) is 1. The summed E-state index contributed by atoms with van der Waals surface area (Å²) in [7, 11) is 0. The van der Waals surface area contributed by atoms with Crippen molar-refractivity contribution >= 4 is 12.4 Å². The quantitative estimate of drug-likeness (QED) is 0.754. The van der Waals surface area contributed by atoms with Gasteiger partial charge >= 0.3 is 0 Å². The summed E-state index contributed by atoms with van der Waals surface area (Å²) in [5.41, 5.74) is 3.59. The summed E-state index contributed by atoms with van der Waals surface area (Å²) in [6, 6.07) is 15.3. The molecule has 0 aliphatic heterocycles. The zero-order valence-corrected chi connectivity index (χ0v) is 15.2. The molecule has 1 saturated carbocycles. The molecule has 2 aromatic rings. The van der Waals surface area contributed by atoms with E-state index in [4.69, 9.17) is 9.47 Å². The number of nitrogens with one attached hydrogen (secondary N) is 1. The average molecular weight is 348 g/mol. The summed E-state index contributed by atoms with van der Waals surface area (Å²) in [4.78, 5) is 0. The van der Waals surface area contributed by atoms with Gasteiger partial charge in [0.25, 0.3) is 0 Å². The average Bonchev–Trinajstić information content (AvgIpc) is 3.38. The minimum atomic E-state index is 0. The summed E-state index contributed by atoms with van der Waals surface area (Å²) in [5, 5.41) is 3.55. The molecular formula is C20H26ClNO2. The van der Waals surface area contributed by atoms with Gasteiger partial charge in [-0.15, -0.1) is 12.4 Å². The molecule has 0 heterocycles. The van der Waals surface area contributed by atoms with Gasteiger partial charge < -0.3 is 14.8 Å². The molecule has 2 aromatic carbocycles. The fourth-order valence-corrected chi connectivity index (χ4v) is 2.52. The van der Waals surface area contributed by atoms with Crippen molar-refractivity contribution in [2.75, 3.05) is 6.61 Å². The molecule has 0 unspecified atom stereocenters. The van der Waals surface area contributed by atoms with Crippen LogP contribution in [0.1, 0.15) is 36.5 Å². The molecule has 1 aliphatic carbocycles. The SMILES string of the molecule is CCOc1cccc(CNC2CC2)c1OCc1ccc(C)cc1.Cl. The molecule has 0 aromatic heterocycles. The van der Waals surface area contributed by atoms with E-state index in [1.54, 1.807) is 0 Å². The van der Waals surface area contributed by atoms with Crippen molar-refractivity contribution in [2.45, 2.75) is 45.9 Å². The first-order valence-corrected chi connectivity index (χ1v) is 8.42. The van der Waals surface area contributed by atoms with Crippen molar-refractivity contribution in [2.24, 2.45) is 0 Å². The summed E-state index contributed by atoms with van der Waals surface area (Å²) in [6.07, 6.45) is 2.56. The zero-order valence-electron chi connectivity index (χ0n) is 14.4. The first kappa shape index (κ1) is 18.6. The summed E-state index contributed by atoms with van der Waals surface area (Å²) in [6.45, 7) is 6.12. The van der Waals surface area contributed by atoms with E-state index >= 15 is 0 Å². The Morgan fingerprint density at radius 3 is 2.46 bits per heavy atom. The van der Waals surface area contributed by atoms with E-state index in [0.717, 1.165) is 23.6 Å². The lowest BCUT2D eigenvalue weighted by Gasteiger charge is -2.16. The first-order chi connectivity index (χ1) is 11.3. The number of benzene rings is 2. The topological polar surface area (TPSA) is 30.5 Å². The van der Waals surface area contributed by atoms with Crippen molar-refractivity contribution in [3.8, 4) is 11.5 Å². The number of ether oxygens (including phenoxy) is 2. The Morgan fingerprint density at radius 1 is 1.04 bits per heavy atom. The summed E-state index contributed by atoms with van der Waals surface area (Å²) >= 11 is 0. The predicted molar refractivity (Wildman–Crippen MR) is 100 cm³/mol. The third-order valence-electron chi connectivity index (χ3n) is 4.02. The zero-order chi connectivity index (χ0) is 16.1. The van der Waals surface area contributed by atoms with Crippen LogP contribution in [0.15, 0.2) is 42.5 Å². The maximum Gasteiger partial charge on any atom is 0.166 e. The van der Waals surface area contributed by atoms with Gasteiger partial charge in [0.1, 0.15) is 6.61 Å². The van der Waals surface area contributed by atoms with Crippen molar-refractivity contribution in [3.05, 3.63) is 59.2 Å². The third-order valence-corrected chi connectivity index (χ3v) is 4.02. The number of halogens is 1. The minimum absolute atomic E-state index is 0. The normalized spacial score (nSPS) is 13.2. The van der Waals surface area contributed by atoms with E-state index in [9.17, 15) is 0 Å². The summed E-state index contributed by atoms with van der Waals surface area (Å²) < 4.78 is 11.9. The predicted octanol–water partition coefficient (Wildman–Crippen LogP) is 4.65. The van der Waals surface area contributed by atoms with Crippen molar-refractivity contribution in [3.63, 3.8) is 0 Å². The van der Waals surface area contributed by atoms with Gasteiger partial charge in [0.2, 0.25) is 0 Å². The van der Waals surface area contributed by atoms with E-state index in [0.29, 0.717) is 19.3 Å². The maximum absolute atomic E-state index is 6.13. The molecule has 0 atom stereocenters. The van der Waals surface area contributed by atoms with Crippen molar-refractivity contribution in [1.29, 1.82) is 0 Å². The molecule has 0 amide bonds. The molecule has 130 valence electrons. The summed E-state index contributed by atoms with van der Waals surface area (Å²) in [5.74, 6) is 1.69. The van der Waals surface area contributed by atoms with Crippen LogP contribution in [-0.2, 0) is 13.2 Å². The number of para-hydroxylation sites is 1. The molecule has 4 heteroatoms. The Kier molecular flexibility index (Phi) is 6.95. The highest BCUT2D eigenvalue weighted by Gasteiger charge is 2.21. The van der Waals surface area contributed by atoms with E-state index in [-0.39, 0.29) is 12.4 Å². The molecular weight excluding hydrogens is 322 g/mol. The van der Waals surface area contributed by atoms with E-state index < -0.39 is 0 Å². The molecule has 24 heavy (non-hydrogen) atoms. The molecule has 1 fully saturated rings. The lowest BCUT2D eigenvalue weighted by Crippen LogP contribution is -2.16. The van der Waals surface area contributed by atoms with Gasteiger partial charge in [0.15, 0.2) is 11.5 Å². The first-order valence-electron chi connectivity index (χ1n) is 8.42. The number of hydrogen-bond acceptors (Lipinski definition) is 3. The fourth-order valence-electron chi connectivity index (χ4n) is 2.52. The van der Waals surface area contributed by atoms with Gasteiger partial charge in [0.05, 0.1) is 6.61 Å². The van der Waals surface area contributed by atoms with Crippen LogP contribution in [0.3, 0.4) is 0 Å². The smallest absolute Gasteiger partial charge is 0.166 e. The highest BCUT2D eigenvalue weighted by molar-refractivity contribution is 5.85. The largest absolute Gasteiger partial charge is 0.490 e. The van der Waals surface area contributed by atoms with Crippen LogP contribution in [0.5, 0.6) is 11.5 Å². The van der Waals surface area contributed by atoms with Gasteiger partial charge in [0, 0.05) is 18.2 Å². The van der Waals surface area contributed by atoms with Crippen LogP contribution in [0.25, 0.3) is 0 Å². The van der Waals surface area contributed by atoms with Gasteiger partial charge in [-0.3, -0.25) is 0 Å². The molecule has 3 rings (SSSR count). The number of rotatable bonds is 8. The van der Waals surface area contributed by atoms with Crippen LogP contribution in [-0.4, -0.2) is 12.6 Å². The van der Waals surface area contributed by atoms with E-state index in [1.165, 1.54) is 24.0 Å². The van der Waals surface area contributed by atoms with E-state index in [1.807, 2.05) is 19.1 Å². The molecule has 1 N–H and O–H groups in total. The van der Waals surface area contributed by atoms with Crippen LogP contribution < -0.4 is 14.8 Å². The fraction of sp³-hybridized carbons (Fsp3) is 0.400. The Hall–Kier alpha value is -1.71. The van der Waals surface area contributed by atoms with Gasteiger partial charge in [-0.05, 0) is 38.3 Å². The number of aryl methyl sites for hydroxylation is 1. The Labute approximate surface area is 150 Å². The Balaban J connectivity index is 0.00000208. The van der Waals surface area contributed by atoms with E-state index in [2.05, 4.69) is 42.6 Å². The standard InChI is InChI=1S/C20H25NO2.ClH/c1-3-22-19-6-4-5-17(13-21-18-11-12-18)20(19)23-14-16-9-7-15(2)8-10-16;/h4-10,18,21H,3,11-14H2,1-2H3;1H. The lowest BCUT2D eigenvalue weighted by atomic mass is 10.1. The highest BCUT2D eigenvalue weighted by Crippen LogP contribution is 2.33. The maximum atomic E-state index is 6.13. The second-order valence-electron chi connectivity index (χ2n) is 6.11. The van der Waals surface area contributed by atoms with Crippen LogP contribution in [0, 0.1) is 6.92 Å². The molecule has 0 spiro atoms. The molecule has 3 nitrogen and oxygen atoms in total. The van der Waals surface area contributed by atoms with Crippen LogP contribution in [0.4, 0.5) is 0 Å². The van der Waals surface area contributed by atoms with Gasteiger partial charge in [-0.1, -0.05) is 42.0 Å². The monoisotopic (exact) mass is 347 g/mol. The van der Waals surface area contributed by atoms with Gasteiger partial charge in [-0.2, -0.15) is 0 Å². The Morgan fingerprint density at radius 2 is 1.79 bits per heavy atom. The lowest BCUT2D eigenvalue weighted by molar-refractivity contribution is 0.266. The highest BCUT2D eigenvalue weighted by atomic mass is 35.5. The molecule has 1 aliphatic rings. The second-order valence-corrected chi connectivity index (χ2v) is 6.11. The third kappa shape index (κ3) is 5.15. The minimum Gasteiger partial charge on any atom is -0.490 e. The van der Waals surface area contributed by atoms with Gasteiger partial charge in [-0.25, -0.2) is 0 Å². The van der Waals surface area contributed by atoms with Crippen molar-refractivity contribution < 1.29 is 9.47 Å². The molecule has 0 radical (unpaired) electrons. The van der Waals surface area contributed by atoms with Crippen molar-refractivity contribution in [1.82, 2.24) is 5.32 Å². The van der Waals surface area contributed by atoms with Crippen LogP contribution in [0.2, 0.25) is 0 Å². The Bertz CT molecular complexity index is 639. The molecule has 0 saturated heterocycles. The second kappa shape index (κ2) is 8.95. The molecule has 0 bridgehead atoms. The van der Waals surface area contributed by atoms with Crippen LogP contribution >= 0.6 is 12.4 Å².